The predicted octanol–water partition coefficient (Wildman–Crippen LogP) is 16.7. The number of rotatable bonds is 6. The Morgan fingerprint density at radius 3 is 1.62 bits per heavy atom. The van der Waals surface area contributed by atoms with E-state index in [1.807, 2.05) is 0 Å². The summed E-state index contributed by atoms with van der Waals surface area (Å²) in [4.78, 5) is 2.38. The smallest absolute Gasteiger partial charge is 0.143 e. The second-order valence-corrected chi connectivity index (χ2v) is 15.6. The summed E-state index contributed by atoms with van der Waals surface area (Å²) < 4.78 is 6.77. The molecule has 0 unspecified atom stereocenters. The molecule has 0 bridgehead atoms. The SMILES string of the molecule is c1ccc(-c2cccc3c2oc2cccc(N(c4ccc(-c5ccc6ccc7ccccc7c6c5)cc4)c4ccc(-c5cc6ccccc6c6ccccc56)cc4)c23)cc1. The maximum Gasteiger partial charge on any atom is 0.143 e. The number of hydrogen-bond donors (Lipinski definition) is 0. The Morgan fingerprint density at radius 1 is 0.300 bits per heavy atom. The van der Waals surface area contributed by atoms with Crippen LogP contribution in [0.5, 0.6) is 0 Å². The molecule has 0 saturated carbocycles. The summed E-state index contributed by atoms with van der Waals surface area (Å²) in [6.07, 6.45) is 0. The van der Waals surface area contributed by atoms with Crippen molar-refractivity contribution in [3.63, 3.8) is 0 Å². The molecule has 1 heterocycles. The van der Waals surface area contributed by atoms with Crippen molar-refractivity contribution in [1.82, 2.24) is 0 Å². The number of benzene rings is 11. The van der Waals surface area contributed by atoms with E-state index in [1.165, 1.54) is 65.3 Å². The van der Waals surface area contributed by atoms with Crippen molar-refractivity contribution < 1.29 is 4.42 Å². The van der Waals surface area contributed by atoms with Gasteiger partial charge in [-0.15, -0.1) is 0 Å². The molecule has 0 radical (unpaired) electrons. The molecule has 12 aromatic rings. The van der Waals surface area contributed by atoms with Gasteiger partial charge in [-0.1, -0.05) is 176 Å². The Balaban J connectivity index is 1.02. The first-order valence-electron chi connectivity index (χ1n) is 20.6. The van der Waals surface area contributed by atoms with Crippen LogP contribution < -0.4 is 4.90 Å². The van der Waals surface area contributed by atoms with E-state index in [4.69, 9.17) is 4.42 Å². The lowest BCUT2D eigenvalue weighted by Crippen LogP contribution is -2.10. The molecule has 0 saturated heterocycles. The molecule has 0 amide bonds. The van der Waals surface area contributed by atoms with Gasteiger partial charge in [-0.3, -0.25) is 0 Å². The van der Waals surface area contributed by atoms with Crippen molar-refractivity contribution in [2.75, 3.05) is 4.90 Å². The van der Waals surface area contributed by atoms with Crippen molar-refractivity contribution in [3.05, 3.63) is 224 Å². The Bertz CT molecular complexity index is 3580. The molecular formula is C58H37NO. The van der Waals surface area contributed by atoms with Gasteiger partial charge in [0.2, 0.25) is 0 Å². The minimum atomic E-state index is 0.857. The van der Waals surface area contributed by atoms with Crippen LogP contribution in [-0.2, 0) is 0 Å². The topological polar surface area (TPSA) is 16.4 Å². The zero-order valence-corrected chi connectivity index (χ0v) is 32.7. The number of hydrogen-bond acceptors (Lipinski definition) is 2. The highest BCUT2D eigenvalue weighted by atomic mass is 16.3. The molecule has 60 heavy (non-hydrogen) atoms. The van der Waals surface area contributed by atoms with E-state index in [0.29, 0.717) is 0 Å². The lowest BCUT2D eigenvalue weighted by molar-refractivity contribution is 0.670. The molecule has 0 fully saturated rings. The first-order chi connectivity index (χ1) is 29.7. The van der Waals surface area contributed by atoms with Crippen molar-refractivity contribution in [3.8, 4) is 33.4 Å². The van der Waals surface area contributed by atoms with Crippen molar-refractivity contribution in [1.29, 1.82) is 0 Å². The van der Waals surface area contributed by atoms with Crippen LogP contribution in [0.15, 0.2) is 229 Å². The molecular weight excluding hydrogens is 727 g/mol. The molecule has 0 spiro atoms. The van der Waals surface area contributed by atoms with Crippen LogP contribution in [0.4, 0.5) is 17.1 Å². The van der Waals surface area contributed by atoms with Crippen LogP contribution >= 0.6 is 0 Å². The molecule has 11 aromatic carbocycles. The highest BCUT2D eigenvalue weighted by molar-refractivity contribution is 6.17. The van der Waals surface area contributed by atoms with Crippen LogP contribution in [0.2, 0.25) is 0 Å². The predicted molar refractivity (Wildman–Crippen MR) is 255 cm³/mol. The van der Waals surface area contributed by atoms with E-state index in [1.54, 1.807) is 0 Å². The van der Waals surface area contributed by atoms with Crippen LogP contribution in [0.3, 0.4) is 0 Å². The number of nitrogens with zero attached hydrogens (tertiary/aromatic N) is 1. The molecule has 0 aliphatic carbocycles. The van der Waals surface area contributed by atoms with Gasteiger partial charge in [-0.2, -0.15) is 0 Å². The average Bonchev–Trinajstić information content (AvgIpc) is 3.72. The van der Waals surface area contributed by atoms with E-state index in [9.17, 15) is 0 Å². The van der Waals surface area contributed by atoms with Crippen LogP contribution in [0.25, 0.3) is 98.4 Å². The fourth-order valence-corrected chi connectivity index (χ4v) is 9.36. The average molecular weight is 764 g/mol. The molecule has 280 valence electrons. The van der Waals surface area contributed by atoms with Gasteiger partial charge in [0.1, 0.15) is 11.2 Å². The quantitative estimate of drug-likeness (QED) is 0.157. The summed E-state index contributed by atoms with van der Waals surface area (Å²) in [5.41, 5.74) is 11.9. The molecule has 0 atom stereocenters. The van der Waals surface area contributed by atoms with Gasteiger partial charge in [0.25, 0.3) is 0 Å². The van der Waals surface area contributed by atoms with Crippen LogP contribution in [0, 0.1) is 0 Å². The number of para-hydroxylation sites is 1. The Hall–Kier alpha value is -7.94. The molecule has 0 N–H and O–H groups in total. The Labute approximate surface area is 347 Å². The molecule has 0 aliphatic rings. The molecule has 0 aliphatic heterocycles. The summed E-state index contributed by atoms with van der Waals surface area (Å²) in [7, 11) is 0. The second-order valence-electron chi connectivity index (χ2n) is 15.6. The largest absolute Gasteiger partial charge is 0.455 e. The highest BCUT2D eigenvalue weighted by Gasteiger charge is 2.21. The summed E-state index contributed by atoms with van der Waals surface area (Å²) in [5, 5.41) is 12.2. The van der Waals surface area contributed by atoms with Gasteiger partial charge in [0, 0.05) is 22.3 Å². The van der Waals surface area contributed by atoms with Gasteiger partial charge >= 0.3 is 0 Å². The van der Waals surface area contributed by atoms with Crippen LogP contribution in [0.1, 0.15) is 0 Å². The minimum Gasteiger partial charge on any atom is -0.455 e. The molecule has 1 aromatic heterocycles. The van der Waals surface area contributed by atoms with Crippen molar-refractivity contribution in [2.24, 2.45) is 0 Å². The lowest BCUT2D eigenvalue weighted by Gasteiger charge is -2.27. The second kappa shape index (κ2) is 13.9. The monoisotopic (exact) mass is 763 g/mol. The summed E-state index contributed by atoms with van der Waals surface area (Å²) in [6, 6.07) is 81.2. The van der Waals surface area contributed by atoms with Gasteiger partial charge in [0.05, 0.1) is 11.1 Å². The first-order valence-corrected chi connectivity index (χ1v) is 20.6. The van der Waals surface area contributed by atoms with E-state index in [2.05, 4.69) is 229 Å². The van der Waals surface area contributed by atoms with Gasteiger partial charge in [0.15, 0.2) is 0 Å². The molecule has 2 heteroatoms. The Kier molecular flexibility index (Phi) is 7.89. The first kappa shape index (κ1) is 34.1. The zero-order valence-electron chi connectivity index (χ0n) is 32.7. The minimum absolute atomic E-state index is 0.857. The van der Waals surface area contributed by atoms with Crippen LogP contribution in [-0.4, -0.2) is 0 Å². The normalized spacial score (nSPS) is 11.7. The van der Waals surface area contributed by atoms with Gasteiger partial charge in [-0.25, -0.2) is 0 Å². The zero-order chi connectivity index (χ0) is 39.6. The Morgan fingerprint density at radius 2 is 0.850 bits per heavy atom. The lowest BCUT2D eigenvalue weighted by atomic mass is 9.93. The summed E-state index contributed by atoms with van der Waals surface area (Å²) in [5.74, 6) is 0. The fourth-order valence-electron chi connectivity index (χ4n) is 9.36. The van der Waals surface area contributed by atoms with E-state index >= 15 is 0 Å². The van der Waals surface area contributed by atoms with Gasteiger partial charge in [-0.05, 0) is 119 Å². The molecule has 2 nitrogen and oxygen atoms in total. The van der Waals surface area contributed by atoms with Crippen molar-refractivity contribution in [2.45, 2.75) is 0 Å². The van der Waals surface area contributed by atoms with E-state index in [0.717, 1.165) is 50.1 Å². The third kappa shape index (κ3) is 5.57. The third-order valence-corrected chi connectivity index (χ3v) is 12.2. The maximum absolute atomic E-state index is 6.77. The van der Waals surface area contributed by atoms with Crippen molar-refractivity contribution >= 4 is 82.1 Å². The maximum atomic E-state index is 6.77. The standard InChI is InChI=1S/C58H37NO/c1-2-12-39(13-3-1)49-20-10-21-52-57-55(22-11-23-56(57)60-58(49)52)59(45-32-28-38(29-33-45)43-27-26-41-25-24-40-14-4-6-16-47(40)53(41)36-43)46-34-30-42(31-35-46)54-37-44-15-5-7-17-48(44)50-18-8-9-19-51(50)54/h1-37H. The van der Waals surface area contributed by atoms with E-state index in [-0.39, 0.29) is 0 Å². The number of fused-ring (bicyclic) bond motifs is 9. The number of anilines is 3. The summed E-state index contributed by atoms with van der Waals surface area (Å²) in [6.45, 7) is 0. The number of furan rings is 1. The highest BCUT2D eigenvalue weighted by Crippen LogP contribution is 2.46. The summed E-state index contributed by atoms with van der Waals surface area (Å²) >= 11 is 0. The fraction of sp³-hybridized carbons (Fsp3) is 0. The van der Waals surface area contributed by atoms with Gasteiger partial charge < -0.3 is 9.32 Å². The molecule has 12 rings (SSSR count). The van der Waals surface area contributed by atoms with E-state index < -0.39 is 0 Å². The third-order valence-electron chi connectivity index (χ3n) is 12.2.